The molecule has 7 nitrogen and oxygen atoms in total. The van der Waals surface area contributed by atoms with E-state index in [1.54, 1.807) is 27.7 Å². The number of nitrogens with two attached hydrogens (primary N) is 1. The lowest BCUT2D eigenvalue weighted by molar-refractivity contribution is -0.122. The molecule has 1 rings (SSSR count). The van der Waals surface area contributed by atoms with Crippen molar-refractivity contribution in [3.63, 3.8) is 0 Å². The Kier molecular flexibility index (Phi) is 4.18. The van der Waals surface area contributed by atoms with Gasteiger partial charge in [-0.3, -0.25) is 19.1 Å². The highest BCUT2D eigenvalue weighted by molar-refractivity contribution is 5.78. The van der Waals surface area contributed by atoms with E-state index in [0.29, 0.717) is 0 Å². The van der Waals surface area contributed by atoms with Gasteiger partial charge in [0.2, 0.25) is 11.8 Å². The molecule has 19 heavy (non-hydrogen) atoms. The van der Waals surface area contributed by atoms with Crippen LogP contribution in [-0.2, 0) is 4.79 Å². The van der Waals surface area contributed by atoms with Gasteiger partial charge in [-0.05, 0) is 11.8 Å². The molecule has 1 heterocycles. The number of aromatic amines is 1. The van der Waals surface area contributed by atoms with Crippen LogP contribution in [0.5, 0.6) is 5.88 Å². The van der Waals surface area contributed by atoms with Gasteiger partial charge in [0, 0.05) is 0 Å². The highest BCUT2D eigenvalue weighted by Crippen LogP contribution is 2.25. The van der Waals surface area contributed by atoms with Crippen LogP contribution in [0.4, 0.5) is 0 Å². The molecule has 1 aromatic rings. The van der Waals surface area contributed by atoms with E-state index in [1.165, 1.54) is 0 Å². The van der Waals surface area contributed by atoms with Crippen LogP contribution in [0, 0.1) is 5.92 Å². The molecule has 1 aromatic heterocycles. The Morgan fingerprint density at radius 1 is 1.26 bits per heavy atom. The molecule has 0 spiro atoms. The van der Waals surface area contributed by atoms with Gasteiger partial charge < -0.3 is 10.8 Å². The van der Waals surface area contributed by atoms with Crippen molar-refractivity contribution in [2.75, 3.05) is 0 Å². The van der Waals surface area contributed by atoms with Crippen molar-refractivity contribution < 1.29 is 9.90 Å². The normalized spacial score (nSPS) is 12.9. The average molecular weight is 269 g/mol. The molecule has 0 aromatic carbocycles. The molecule has 0 saturated heterocycles. The number of amides is 1. The van der Waals surface area contributed by atoms with E-state index in [2.05, 4.69) is 4.98 Å². The van der Waals surface area contributed by atoms with Crippen LogP contribution in [-0.4, -0.2) is 20.6 Å². The topological polar surface area (TPSA) is 118 Å². The van der Waals surface area contributed by atoms with Crippen molar-refractivity contribution in [2.24, 2.45) is 11.7 Å². The number of nitrogens with one attached hydrogen (secondary N) is 1. The Bertz CT molecular complexity index is 598. The molecular weight excluding hydrogens is 250 g/mol. The number of hydrogen-bond acceptors (Lipinski definition) is 4. The third-order valence-corrected chi connectivity index (χ3v) is 2.93. The molecule has 1 atom stereocenters. The van der Waals surface area contributed by atoms with Gasteiger partial charge in [0.1, 0.15) is 6.04 Å². The molecule has 106 valence electrons. The van der Waals surface area contributed by atoms with E-state index < -0.39 is 29.1 Å². The van der Waals surface area contributed by atoms with Gasteiger partial charge >= 0.3 is 5.69 Å². The van der Waals surface area contributed by atoms with Crippen LogP contribution in [0.25, 0.3) is 0 Å². The molecule has 7 heteroatoms. The molecule has 4 N–H and O–H groups in total. The molecule has 0 saturated carbocycles. The highest BCUT2D eigenvalue weighted by Gasteiger charge is 2.28. The second kappa shape index (κ2) is 5.29. The number of hydrogen-bond donors (Lipinski definition) is 3. The maximum atomic E-state index is 11.8. The smallest absolute Gasteiger partial charge is 0.331 e. The summed E-state index contributed by atoms with van der Waals surface area (Å²) in [5, 5.41) is 10.1. The molecule has 1 unspecified atom stereocenters. The Labute approximate surface area is 110 Å². The van der Waals surface area contributed by atoms with Crippen LogP contribution in [0.2, 0.25) is 0 Å². The summed E-state index contributed by atoms with van der Waals surface area (Å²) >= 11 is 0. The maximum Gasteiger partial charge on any atom is 0.331 e. The van der Waals surface area contributed by atoms with Gasteiger partial charge in [-0.1, -0.05) is 27.7 Å². The quantitative estimate of drug-likeness (QED) is 0.715. The summed E-state index contributed by atoms with van der Waals surface area (Å²) in [7, 11) is 0. The van der Waals surface area contributed by atoms with E-state index in [4.69, 9.17) is 5.73 Å². The number of aromatic nitrogens is 2. The Hall–Kier alpha value is -2.05. The molecule has 0 fully saturated rings. The minimum absolute atomic E-state index is 0.0616. The van der Waals surface area contributed by atoms with Crippen LogP contribution in [0.15, 0.2) is 9.59 Å². The average Bonchev–Trinajstić information content (AvgIpc) is 2.21. The van der Waals surface area contributed by atoms with Crippen molar-refractivity contribution in [1.82, 2.24) is 9.55 Å². The van der Waals surface area contributed by atoms with Crippen molar-refractivity contribution >= 4 is 5.91 Å². The standard InChI is InChI=1S/C12H19N3O4/c1-5(2)7-10(17)14-12(19)15(11(7)18)8(6(3)4)9(13)16/h5-6,8,18H,1-4H3,(H2,13,16)(H,14,17,19). The van der Waals surface area contributed by atoms with Crippen molar-refractivity contribution in [3.05, 3.63) is 26.4 Å². The summed E-state index contributed by atoms with van der Waals surface area (Å²) in [5.74, 6) is -1.83. The molecule has 0 bridgehead atoms. The molecule has 0 aliphatic rings. The fourth-order valence-corrected chi connectivity index (χ4v) is 2.08. The van der Waals surface area contributed by atoms with Crippen molar-refractivity contribution in [1.29, 1.82) is 0 Å². The number of carbonyl (C=O) groups is 1. The van der Waals surface area contributed by atoms with Gasteiger partial charge in [-0.25, -0.2) is 4.79 Å². The first-order chi connectivity index (χ1) is 8.68. The largest absolute Gasteiger partial charge is 0.494 e. The summed E-state index contributed by atoms with van der Waals surface area (Å²) in [5.41, 5.74) is 3.84. The lowest BCUT2D eigenvalue weighted by Gasteiger charge is -2.22. The first-order valence-electron chi connectivity index (χ1n) is 6.05. The number of aromatic hydroxyl groups is 1. The van der Waals surface area contributed by atoms with Gasteiger partial charge in [-0.15, -0.1) is 0 Å². The van der Waals surface area contributed by atoms with E-state index in [1.807, 2.05) is 0 Å². The van der Waals surface area contributed by atoms with E-state index >= 15 is 0 Å². The lowest BCUT2D eigenvalue weighted by Crippen LogP contribution is -2.41. The number of primary amides is 1. The predicted molar refractivity (Wildman–Crippen MR) is 70.1 cm³/mol. The zero-order chi connectivity index (χ0) is 14.9. The van der Waals surface area contributed by atoms with E-state index in [9.17, 15) is 19.5 Å². The maximum absolute atomic E-state index is 11.8. The third kappa shape index (κ3) is 2.69. The second-order valence-corrected chi connectivity index (χ2v) is 5.11. The molecule has 0 aliphatic heterocycles. The van der Waals surface area contributed by atoms with Crippen molar-refractivity contribution in [3.8, 4) is 5.88 Å². The third-order valence-electron chi connectivity index (χ3n) is 2.93. The van der Waals surface area contributed by atoms with Gasteiger partial charge in [0.05, 0.1) is 5.56 Å². The van der Waals surface area contributed by atoms with Gasteiger partial charge in [0.15, 0.2) is 0 Å². The van der Waals surface area contributed by atoms with Gasteiger partial charge in [-0.2, -0.15) is 0 Å². The Balaban J connectivity index is 3.69. The zero-order valence-electron chi connectivity index (χ0n) is 11.4. The summed E-state index contributed by atoms with van der Waals surface area (Å²) < 4.78 is 0.851. The molecule has 0 radical (unpaired) electrons. The molecular formula is C12H19N3O4. The Morgan fingerprint density at radius 2 is 1.79 bits per heavy atom. The van der Waals surface area contributed by atoms with Gasteiger partial charge in [0.25, 0.3) is 5.56 Å². The monoisotopic (exact) mass is 269 g/mol. The Morgan fingerprint density at radius 3 is 2.16 bits per heavy atom. The predicted octanol–water partition coefficient (Wildman–Crippen LogP) is 0.0480. The highest BCUT2D eigenvalue weighted by atomic mass is 16.3. The minimum atomic E-state index is -1.01. The summed E-state index contributed by atoms with van der Waals surface area (Å²) in [6.45, 7) is 6.80. The molecule has 1 amide bonds. The first kappa shape index (κ1) is 15.0. The van der Waals surface area contributed by atoms with Crippen LogP contribution in [0.1, 0.15) is 45.2 Å². The lowest BCUT2D eigenvalue weighted by atomic mass is 10.0. The number of carbonyl (C=O) groups excluding carboxylic acids is 1. The summed E-state index contributed by atoms with van der Waals surface area (Å²) in [6, 6.07) is -1.01. The summed E-state index contributed by atoms with van der Waals surface area (Å²) in [6.07, 6.45) is 0. The van der Waals surface area contributed by atoms with E-state index in [0.717, 1.165) is 4.57 Å². The van der Waals surface area contributed by atoms with Crippen LogP contribution >= 0.6 is 0 Å². The minimum Gasteiger partial charge on any atom is -0.494 e. The first-order valence-corrected chi connectivity index (χ1v) is 6.05. The fraction of sp³-hybridized carbons (Fsp3) is 0.583. The van der Waals surface area contributed by atoms with E-state index in [-0.39, 0.29) is 17.4 Å². The summed E-state index contributed by atoms with van der Waals surface area (Å²) in [4.78, 5) is 37.1. The zero-order valence-corrected chi connectivity index (χ0v) is 11.4. The SMILES string of the molecule is CC(C)c1c(O)n(C(C(N)=O)C(C)C)c(=O)[nH]c1=O. The van der Waals surface area contributed by atoms with Crippen LogP contribution in [0.3, 0.4) is 0 Å². The fourth-order valence-electron chi connectivity index (χ4n) is 2.08. The number of H-pyrrole nitrogens is 1. The second-order valence-electron chi connectivity index (χ2n) is 5.11. The molecule has 0 aliphatic carbocycles. The number of rotatable bonds is 4. The number of nitrogens with zero attached hydrogens (tertiary/aromatic N) is 1. The van der Waals surface area contributed by atoms with Crippen molar-refractivity contribution in [2.45, 2.75) is 39.7 Å². The van der Waals surface area contributed by atoms with Crippen LogP contribution < -0.4 is 17.0 Å².